The number of likely N-dealkylation sites (tertiary alicyclic amines) is 1. The molecule has 9 heteroatoms. The summed E-state index contributed by atoms with van der Waals surface area (Å²) >= 11 is 0. The van der Waals surface area contributed by atoms with Gasteiger partial charge in [0.25, 0.3) is 11.8 Å². The number of fused-ring (bicyclic) bond motifs is 2. The molecule has 0 saturated carbocycles. The number of nitrogens with one attached hydrogen (secondary N) is 3. The fourth-order valence-electron chi connectivity index (χ4n) is 4.90. The van der Waals surface area contributed by atoms with E-state index in [1.165, 1.54) is 24.4 Å². The van der Waals surface area contributed by atoms with Gasteiger partial charge in [0.1, 0.15) is 0 Å². The van der Waals surface area contributed by atoms with Crippen LogP contribution in [0, 0.1) is 5.41 Å². The van der Waals surface area contributed by atoms with Crippen LogP contribution < -0.4 is 10.6 Å². The summed E-state index contributed by atoms with van der Waals surface area (Å²) in [6.45, 7) is 1.16. The molecule has 190 valence electrons. The predicted molar refractivity (Wildman–Crippen MR) is 140 cm³/mol. The Hall–Kier alpha value is -4.14. The van der Waals surface area contributed by atoms with Gasteiger partial charge in [-0.15, -0.1) is 0 Å². The van der Waals surface area contributed by atoms with Crippen molar-refractivity contribution in [3.05, 3.63) is 70.9 Å². The van der Waals surface area contributed by atoms with Crippen LogP contribution in [0.2, 0.25) is 0 Å². The number of benzene rings is 2. The van der Waals surface area contributed by atoms with E-state index in [1.54, 1.807) is 6.07 Å². The maximum Gasteiger partial charge on any atom is 0.267 e. The van der Waals surface area contributed by atoms with Crippen LogP contribution in [0.4, 0.5) is 14.5 Å². The molecule has 0 unspecified atom stereocenters. The fraction of sp³-hybridized carbons (Fsp3) is 0.286. The van der Waals surface area contributed by atoms with E-state index < -0.39 is 43.3 Å². The van der Waals surface area contributed by atoms with Crippen molar-refractivity contribution in [1.29, 1.82) is 5.41 Å². The van der Waals surface area contributed by atoms with Gasteiger partial charge in [0.2, 0.25) is 5.91 Å². The molecule has 0 spiro atoms. The van der Waals surface area contributed by atoms with Crippen LogP contribution in [0.15, 0.2) is 48.7 Å². The minimum atomic E-state index is -3.05. The summed E-state index contributed by atoms with van der Waals surface area (Å²) in [6, 6.07) is 12.5. The standard InChI is InChI=1S/C28H27F2N5O2/c1-17(31)25-14-28(29,30)16-35(25)26(36)15-34-27(37)21-9-11-33-24-7-5-19(13-22(21)24)3-2-18-4-6-23-20(12-18)8-10-32-23/h2-7,9,11-13,25,31-32H,8,10,14-16H2,1H3,(H,34,37)/b3-2+,31-17?/t25-/m0/s1. The number of alkyl halides is 2. The lowest BCUT2D eigenvalue weighted by atomic mass is 10.0. The highest BCUT2D eigenvalue weighted by Crippen LogP contribution is 2.32. The van der Waals surface area contributed by atoms with Crippen LogP contribution in [0.3, 0.4) is 0 Å². The molecule has 1 saturated heterocycles. The number of halogens is 2. The van der Waals surface area contributed by atoms with E-state index in [1.807, 2.05) is 36.4 Å². The van der Waals surface area contributed by atoms with Gasteiger partial charge >= 0.3 is 0 Å². The highest BCUT2D eigenvalue weighted by molar-refractivity contribution is 6.07. The molecule has 2 aromatic carbocycles. The van der Waals surface area contributed by atoms with E-state index >= 15 is 0 Å². The van der Waals surface area contributed by atoms with Gasteiger partial charge in [0.05, 0.1) is 30.2 Å². The van der Waals surface area contributed by atoms with Crippen molar-refractivity contribution < 1.29 is 18.4 Å². The van der Waals surface area contributed by atoms with Crippen LogP contribution in [0.25, 0.3) is 23.1 Å². The summed E-state index contributed by atoms with van der Waals surface area (Å²) in [4.78, 5) is 31.0. The number of anilines is 1. The van der Waals surface area contributed by atoms with Crippen LogP contribution in [0.5, 0.6) is 0 Å². The molecule has 3 aromatic rings. The number of aromatic nitrogens is 1. The molecule has 1 aromatic heterocycles. The van der Waals surface area contributed by atoms with Gasteiger partial charge < -0.3 is 20.9 Å². The first-order chi connectivity index (χ1) is 17.7. The monoisotopic (exact) mass is 503 g/mol. The molecule has 0 bridgehead atoms. The van der Waals surface area contributed by atoms with Gasteiger partial charge in [0.15, 0.2) is 0 Å². The van der Waals surface area contributed by atoms with Crippen molar-refractivity contribution in [2.75, 3.05) is 25.0 Å². The molecule has 0 aliphatic carbocycles. The highest BCUT2D eigenvalue weighted by Gasteiger charge is 2.47. The molecular weight excluding hydrogens is 476 g/mol. The molecule has 7 nitrogen and oxygen atoms in total. The maximum atomic E-state index is 13.9. The first kappa shape index (κ1) is 24.5. The number of rotatable bonds is 6. The van der Waals surface area contributed by atoms with Crippen molar-refractivity contribution in [3.8, 4) is 0 Å². The average Bonchev–Trinajstić information content (AvgIpc) is 3.48. The van der Waals surface area contributed by atoms with Crippen molar-refractivity contribution in [3.63, 3.8) is 0 Å². The summed E-state index contributed by atoms with van der Waals surface area (Å²) in [5.74, 6) is -4.19. The van der Waals surface area contributed by atoms with Gasteiger partial charge in [-0.1, -0.05) is 24.3 Å². The summed E-state index contributed by atoms with van der Waals surface area (Å²) in [5.41, 5.74) is 5.38. The molecule has 1 fully saturated rings. The number of hydrogen-bond acceptors (Lipinski definition) is 5. The highest BCUT2D eigenvalue weighted by atomic mass is 19.3. The maximum absolute atomic E-state index is 13.9. The minimum absolute atomic E-state index is 0.00545. The van der Waals surface area contributed by atoms with Crippen molar-refractivity contribution in [2.45, 2.75) is 31.7 Å². The quantitative estimate of drug-likeness (QED) is 0.344. The number of hydrogen-bond donors (Lipinski definition) is 3. The Kier molecular flexibility index (Phi) is 6.45. The lowest BCUT2D eigenvalue weighted by Gasteiger charge is -2.23. The number of amides is 2. The molecule has 0 radical (unpaired) electrons. The van der Waals surface area contributed by atoms with Crippen LogP contribution in [0.1, 0.15) is 40.4 Å². The van der Waals surface area contributed by atoms with Crippen molar-refractivity contribution in [2.24, 2.45) is 0 Å². The Bertz CT molecular complexity index is 1440. The Morgan fingerprint density at radius 3 is 2.73 bits per heavy atom. The molecule has 1 atom stereocenters. The third kappa shape index (κ3) is 5.21. The minimum Gasteiger partial charge on any atom is -0.384 e. The Morgan fingerprint density at radius 2 is 1.95 bits per heavy atom. The Labute approximate surface area is 213 Å². The normalized spacial score (nSPS) is 18.1. The van der Waals surface area contributed by atoms with Gasteiger partial charge in [-0.2, -0.15) is 0 Å². The third-order valence-electron chi connectivity index (χ3n) is 6.81. The van der Waals surface area contributed by atoms with Crippen LogP contribution in [-0.2, 0) is 11.2 Å². The Morgan fingerprint density at radius 1 is 1.19 bits per heavy atom. The summed E-state index contributed by atoms with van der Waals surface area (Å²) < 4.78 is 27.8. The first-order valence-electron chi connectivity index (χ1n) is 12.1. The molecule has 37 heavy (non-hydrogen) atoms. The third-order valence-corrected chi connectivity index (χ3v) is 6.81. The number of carbonyl (C=O) groups is 2. The number of pyridine rings is 1. The van der Waals surface area contributed by atoms with Gasteiger partial charge in [-0.3, -0.25) is 14.6 Å². The largest absolute Gasteiger partial charge is 0.384 e. The van der Waals surface area contributed by atoms with Crippen molar-refractivity contribution in [1.82, 2.24) is 15.2 Å². The SMILES string of the molecule is CC(=N)[C@@H]1CC(F)(F)CN1C(=O)CNC(=O)c1ccnc2ccc(/C=C/c3ccc4c(c3)CCN4)cc12. The fourth-order valence-corrected chi connectivity index (χ4v) is 4.90. The zero-order valence-electron chi connectivity index (χ0n) is 20.4. The Balaban J connectivity index is 1.31. The molecule has 2 aliphatic heterocycles. The summed E-state index contributed by atoms with van der Waals surface area (Å²) in [7, 11) is 0. The van der Waals surface area contributed by atoms with E-state index in [9.17, 15) is 18.4 Å². The zero-order chi connectivity index (χ0) is 26.2. The van der Waals surface area contributed by atoms with Crippen LogP contribution >= 0.6 is 0 Å². The molecule has 5 rings (SSSR count). The lowest BCUT2D eigenvalue weighted by molar-refractivity contribution is -0.131. The van der Waals surface area contributed by atoms with Crippen LogP contribution in [-0.4, -0.2) is 59.0 Å². The van der Waals surface area contributed by atoms with Crippen molar-refractivity contribution >= 4 is 46.3 Å². The average molecular weight is 504 g/mol. The molecule has 2 aliphatic rings. The summed E-state index contributed by atoms with van der Waals surface area (Å²) in [6.07, 6.45) is 5.93. The van der Waals surface area contributed by atoms with E-state index in [2.05, 4.69) is 27.8 Å². The second kappa shape index (κ2) is 9.72. The molecule has 2 amide bonds. The smallest absolute Gasteiger partial charge is 0.267 e. The topological polar surface area (TPSA) is 98.2 Å². The first-order valence-corrected chi connectivity index (χ1v) is 12.1. The molecule has 3 N–H and O–H groups in total. The second-order valence-electron chi connectivity index (χ2n) is 9.52. The van der Waals surface area contributed by atoms with E-state index in [0.29, 0.717) is 16.5 Å². The second-order valence-corrected chi connectivity index (χ2v) is 9.52. The zero-order valence-corrected chi connectivity index (χ0v) is 20.4. The number of nitrogens with zero attached hydrogens (tertiary/aromatic N) is 2. The predicted octanol–water partition coefficient (Wildman–Crippen LogP) is 4.38. The van der Waals surface area contributed by atoms with Gasteiger partial charge in [-0.05, 0) is 60.4 Å². The molecule has 3 heterocycles. The number of carbonyl (C=O) groups excluding carboxylic acids is 2. The summed E-state index contributed by atoms with van der Waals surface area (Å²) in [5, 5.41) is 14.3. The molecular formula is C28H27F2N5O2. The van der Waals surface area contributed by atoms with E-state index in [0.717, 1.165) is 29.0 Å². The van der Waals surface area contributed by atoms with Gasteiger partial charge in [-0.25, -0.2) is 8.78 Å². The van der Waals surface area contributed by atoms with E-state index in [4.69, 9.17) is 5.41 Å². The van der Waals surface area contributed by atoms with Gasteiger partial charge in [0, 0.05) is 35.9 Å². The van der Waals surface area contributed by atoms with E-state index in [-0.39, 0.29) is 5.71 Å². The lowest BCUT2D eigenvalue weighted by Crippen LogP contribution is -2.45.